The van der Waals surface area contributed by atoms with Crippen molar-refractivity contribution in [3.05, 3.63) is 35.4 Å². The Hall–Kier alpha value is -1.88. The topological polar surface area (TPSA) is 64.6 Å². The van der Waals surface area contributed by atoms with Gasteiger partial charge in [-0.05, 0) is 31.5 Å². The van der Waals surface area contributed by atoms with Gasteiger partial charge >= 0.3 is 5.97 Å². The fourth-order valence-corrected chi connectivity index (χ4v) is 1.53. The summed E-state index contributed by atoms with van der Waals surface area (Å²) < 4.78 is 9.92. The maximum Gasteiger partial charge on any atom is 0.338 e. The van der Waals surface area contributed by atoms with E-state index in [0.717, 1.165) is 5.56 Å². The number of carbonyl (C=O) groups excluding carboxylic acids is 2. The van der Waals surface area contributed by atoms with Crippen LogP contribution in [0.15, 0.2) is 24.3 Å². The summed E-state index contributed by atoms with van der Waals surface area (Å²) in [6.45, 7) is 3.84. The van der Waals surface area contributed by atoms with Crippen molar-refractivity contribution in [1.29, 1.82) is 0 Å². The maximum atomic E-state index is 11.7. The molecule has 0 atom stereocenters. The molecule has 5 heteroatoms. The molecule has 1 rings (SSSR count). The zero-order chi connectivity index (χ0) is 14.3. The van der Waals surface area contributed by atoms with Crippen LogP contribution in [0.4, 0.5) is 0 Å². The van der Waals surface area contributed by atoms with Gasteiger partial charge in [0.25, 0.3) is 5.91 Å². The van der Waals surface area contributed by atoms with E-state index in [-0.39, 0.29) is 18.6 Å². The molecular weight excluding hydrogens is 246 g/mol. The van der Waals surface area contributed by atoms with Gasteiger partial charge in [0.15, 0.2) is 6.61 Å². The number of esters is 1. The summed E-state index contributed by atoms with van der Waals surface area (Å²) in [5, 5.41) is 2.65. The lowest BCUT2D eigenvalue weighted by Gasteiger charge is -2.09. The van der Waals surface area contributed by atoms with Crippen LogP contribution in [-0.2, 0) is 20.9 Å². The molecule has 0 saturated heterocycles. The molecule has 1 aromatic rings. The molecule has 0 aliphatic carbocycles. The van der Waals surface area contributed by atoms with E-state index >= 15 is 0 Å². The van der Waals surface area contributed by atoms with E-state index in [4.69, 9.17) is 9.47 Å². The minimum absolute atomic E-state index is 0.0243. The Kier molecular flexibility index (Phi) is 6.02. The van der Waals surface area contributed by atoms with Crippen molar-refractivity contribution in [2.24, 2.45) is 0 Å². The fraction of sp³-hybridized carbons (Fsp3) is 0.429. The van der Waals surface area contributed by atoms with Gasteiger partial charge in [0.2, 0.25) is 0 Å². The van der Waals surface area contributed by atoms with E-state index in [1.54, 1.807) is 25.3 Å². The number of carbonyl (C=O) groups is 2. The van der Waals surface area contributed by atoms with E-state index < -0.39 is 5.97 Å². The summed E-state index contributed by atoms with van der Waals surface area (Å²) in [4.78, 5) is 23.1. The zero-order valence-electron chi connectivity index (χ0n) is 11.4. The first kappa shape index (κ1) is 15.2. The summed E-state index contributed by atoms with van der Waals surface area (Å²) in [5.74, 6) is -0.826. The molecule has 0 bridgehead atoms. The summed E-state index contributed by atoms with van der Waals surface area (Å²) >= 11 is 0. The quantitative estimate of drug-likeness (QED) is 0.792. The highest BCUT2D eigenvalue weighted by atomic mass is 16.5. The Balaban J connectivity index is 2.53. The van der Waals surface area contributed by atoms with Crippen molar-refractivity contribution in [3.8, 4) is 0 Å². The second-order valence-electron chi connectivity index (χ2n) is 4.43. The number of benzene rings is 1. The van der Waals surface area contributed by atoms with Crippen molar-refractivity contribution >= 4 is 11.9 Å². The SMILES string of the molecule is COCc1cccc(C(=O)OCC(=O)NC(C)C)c1. The molecule has 104 valence electrons. The molecule has 1 aromatic carbocycles. The Bertz CT molecular complexity index is 443. The highest BCUT2D eigenvalue weighted by molar-refractivity contribution is 5.91. The standard InChI is InChI=1S/C14H19NO4/c1-10(2)15-13(16)9-19-14(17)12-6-4-5-11(7-12)8-18-3/h4-7,10H,8-9H2,1-3H3,(H,15,16). The van der Waals surface area contributed by atoms with Crippen LogP contribution < -0.4 is 5.32 Å². The van der Waals surface area contributed by atoms with Crippen LogP contribution in [0, 0.1) is 0 Å². The number of hydrogen-bond acceptors (Lipinski definition) is 4. The maximum absolute atomic E-state index is 11.7. The van der Waals surface area contributed by atoms with Crippen LogP contribution in [0.5, 0.6) is 0 Å². The van der Waals surface area contributed by atoms with Crippen LogP contribution in [0.1, 0.15) is 29.8 Å². The third kappa shape index (κ3) is 5.52. The number of hydrogen-bond donors (Lipinski definition) is 1. The normalized spacial score (nSPS) is 10.3. The van der Waals surface area contributed by atoms with Crippen LogP contribution in [0.2, 0.25) is 0 Å². The number of rotatable bonds is 6. The average molecular weight is 265 g/mol. The lowest BCUT2D eigenvalue weighted by molar-refractivity contribution is -0.124. The molecule has 0 aliphatic heterocycles. The van der Waals surface area contributed by atoms with Crippen molar-refractivity contribution in [2.45, 2.75) is 26.5 Å². The summed E-state index contributed by atoms with van der Waals surface area (Å²) in [5.41, 5.74) is 1.29. The minimum Gasteiger partial charge on any atom is -0.452 e. The predicted octanol–water partition coefficient (Wildman–Crippen LogP) is 1.51. The van der Waals surface area contributed by atoms with E-state index in [2.05, 4.69) is 5.32 Å². The van der Waals surface area contributed by atoms with Gasteiger partial charge in [0.05, 0.1) is 12.2 Å². The van der Waals surface area contributed by atoms with Gasteiger partial charge in [-0.15, -0.1) is 0 Å². The summed E-state index contributed by atoms with van der Waals surface area (Å²) in [6, 6.07) is 6.95. The van der Waals surface area contributed by atoms with Crippen LogP contribution in [0.3, 0.4) is 0 Å². The van der Waals surface area contributed by atoms with Crippen molar-refractivity contribution in [1.82, 2.24) is 5.32 Å². The Morgan fingerprint density at radius 3 is 2.68 bits per heavy atom. The zero-order valence-corrected chi connectivity index (χ0v) is 11.4. The smallest absolute Gasteiger partial charge is 0.338 e. The van der Waals surface area contributed by atoms with Gasteiger partial charge in [-0.25, -0.2) is 4.79 Å². The van der Waals surface area contributed by atoms with Crippen molar-refractivity contribution < 1.29 is 19.1 Å². The van der Waals surface area contributed by atoms with Crippen LogP contribution in [-0.4, -0.2) is 31.6 Å². The third-order valence-electron chi connectivity index (χ3n) is 2.26. The first-order valence-corrected chi connectivity index (χ1v) is 6.07. The molecule has 1 amide bonds. The van der Waals surface area contributed by atoms with Crippen LogP contribution >= 0.6 is 0 Å². The molecule has 0 radical (unpaired) electrons. The Morgan fingerprint density at radius 2 is 2.05 bits per heavy atom. The summed E-state index contributed by atoms with van der Waals surface area (Å²) in [6.07, 6.45) is 0. The molecule has 1 N–H and O–H groups in total. The second-order valence-corrected chi connectivity index (χ2v) is 4.43. The second kappa shape index (κ2) is 7.53. The average Bonchev–Trinajstić information content (AvgIpc) is 2.36. The molecule has 0 heterocycles. The van der Waals surface area contributed by atoms with Gasteiger partial charge in [0, 0.05) is 13.2 Å². The highest BCUT2D eigenvalue weighted by Crippen LogP contribution is 2.07. The first-order chi connectivity index (χ1) is 9.02. The van der Waals surface area contributed by atoms with Gasteiger partial charge in [-0.3, -0.25) is 4.79 Å². The van der Waals surface area contributed by atoms with E-state index in [1.807, 2.05) is 19.9 Å². The van der Waals surface area contributed by atoms with Crippen molar-refractivity contribution in [2.75, 3.05) is 13.7 Å². The van der Waals surface area contributed by atoms with Gasteiger partial charge < -0.3 is 14.8 Å². The third-order valence-corrected chi connectivity index (χ3v) is 2.26. The molecule has 0 spiro atoms. The van der Waals surface area contributed by atoms with E-state index in [1.165, 1.54) is 0 Å². The largest absolute Gasteiger partial charge is 0.452 e. The molecular formula is C14H19NO4. The molecule has 0 unspecified atom stereocenters. The molecule has 0 saturated carbocycles. The number of nitrogens with one attached hydrogen (secondary N) is 1. The number of methoxy groups -OCH3 is 1. The lowest BCUT2D eigenvalue weighted by Crippen LogP contribution is -2.33. The number of amides is 1. The van der Waals surface area contributed by atoms with Gasteiger partial charge in [-0.2, -0.15) is 0 Å². The van der Waals surface area contributed by atoms with Crippen LogP contribution in [0.25, 0.3) is 0 Å². The molecule has 0 aromatic heterocycles. The molecule has 5 nitrogen and oxygen atoms in total. The minimum atomic E-state index is -0.517. The first-order valence-electron chi connectivity index (χ1n) is 6.07. The Labute approximate surface area is 112 Å². The Morgan fingerprint density at radius 1 is 1.32 bits per heavy atom. The predicted molar refractivity (Wildman–Crippen MR) is 70.7 cm³/mol. The van der Waals surface area contributed by atoms with E-state index in [0.29, 0.717) is 12.2 Å². The van der Waals surface area contributed by atoms with Crippen molar-refractivity contribution in [3.63, 3.8) is 0 Å². The number of ether oxygens (including phenoxy) is 2. The van der Waals surface area contributed by atoms with E-state index in [9.17, 15) is 9.59 Å². The van der Waals surface area contributed by atoms with Gasteiger partial charge in [-0.1, -0.05) is 12.1 Å². The fourth-order valence-electron chi connectivity index (χ4n) is 1.53. The molecule has 19 heavy (non-hydrogen) atoms. The summed E-state index contributed by atoms with van der Waals surface area (Å²) in [7, 11) is 1.58. The molecule has 0 aliphatic rings. The monoisotopic (exact) mass is 265 g/mol. The lowest BCUT2D eigenvalue weighted by atomic mass is 10.1. The van der Waals surface area contributed by atoms with Gasteiger partial charge in [0.1, 0.15) is 0 Å². The highest BCUT2D eigenvalue weighted by Gasteiger charge is 2.11. The molecule has 0 fully saturated rings.